The number of hydrogen-bond acceptors (Lipinski definition) is 6. The first-order valence-corrected chi connectivity index (χ1v) is 13.4. The molecule has 0 aliphatic carbocycles. The number of benzene rings is 3. The fourth-order valence-corrected chi connectivity index (χ4v) is 5.30. The molecule has 4 aromatic rings. The number of rotatable bonds is 6. The number of aryl methyl sites for hydroxylation is 1. The van der Waals surface area contributed by atoms with Crippen LogP contribution < -0.4 is 10.5 Å². The number of anilines is 1. The lowest BCUT2D eigenvalue weighted by molar-refractivity contribution is 0.360. The van der Waals surface area contributed by atoms with Crippen molar-refractivity contribution in [1.29, 1.82) is 5.26 Å². The zero-order valence-electron chi connectivity index (χ0n) is 20.2. The van der Waals surface area contributed by atoms with Gasteiger partial charge in [-0.3, -0.25) is 4.72 Å². The van der Waals surface area contributed by atoms with E-state index in [-0.39, 0.29) is 16.4 Å². The van der Waals surface area contributed by atoms with Crippen molar-refractivity contribution in [1.82, 2.24) is 9.78 Å². The first kappa shape index (κ1) is 25.1. The zero-order chi connectivity index (χ0) is 26.9. The molecule has 190 valence electrons. The third-order valence-electron chi connectivity index (χ3n) is 5.98. The van der Waals surface area contributed by atoms with Crippen LogP contribution in [0.5, 0.6) is 0 Å². The average molecular weight is 544 g/mol. The molecule has 0 bridgehead atoms. The lowest BCUT2D eigenvalue weighted by Crippen LogP contribution is -2.17. The van der Waals surface area contributed by atoms with Crippen LogP contribution in [-0.4, -0.2) is 18.2 Å². The van der Waals surface area contributed by atoms with Crippen LogP contribution in [0.1, 0.15) is 22.7 Å². The third-order valence-corrected chi connectivity index (χ3v) is 7.61. The van der Waals surface area contributed by atoms with E-state index < -0.39 is 15.9 Å². The van der Waals surface area contributed by atoms with E-state index in [9.17, 15) is 13.7 Å². The molecule has 10 heteroatoms. The Labute approximate surface area is 225 Å². The molecule has 0 saturated carbocycles. The van der Waals surface area contributed by atoms with Gasteiger partial charge in [-0.2, -0.15) is 10.4 Å². The topological polar surface area (TPSA) is 123 Å². The Bertz CT molecular complexity index is 1700. The third kappa shape index (κ3) is 5.00. The second-order valence-corrected chi connectivity index (χ2v) is 10.7. The fraction of sp³-hybridized carbons (Fsp3) is 0.0714. The minimum atomic E-state index is -3.92. The number of nitrogens with one attached hydrogen (secondary N) is 1. The lowest BCUT2D eigenvalue weighted by atomic mass is 9.89. The van der Waals surface area contributed by atoms with Gasteiger partial charge in [-0.25, -0.2) is 13.1 Å². The number of sulfonamides is 1. The standard InChI is InChI=1S/C28H22ClN5O3S/c1-18-15-27(34(32-18)22-5-3-2-4-6-22)33-38(35,36)23-13-9-20(10-14-23)26-16-24(25(17-30)28(31)37-26)19-7-11-21(29)12-8-19/h2-16,24,33H,31H2,1H3. The van der Waals surface area contributed by atoms with Crippen molar-refractivity contribution in [2.45, 2.75) is 17.7 Å². The van der Waals surface area contributed by atoms with Gasteiger partial charge in [0.2, 0.25) is 5.88 Å². The van der Waals surface area contributed by atoms with Gasteiger partial charge in [0.15, 0.2) is 0 Å². The molecule has 0 amide bonds. The summed E-state index contributed by atoms with van der Waals surface area (Å²) in [5, 5.41) is 14.6. The predicted octanol–water partition coefficient (Wildman–Crippen LogP) is 5.48. The number of para-hydroxylation sites is 1. The normalized spacial score (nSPS) is 15.4. The van der Waals surface area contributed by atoms with Crippen molar-refractivity contribution in [3.05, 3.63) is 124 Å². The summed E-state index contributed by atoms with van der Waals surface area (Å²) >= 11 is 6.02. The van der Waals surface area contributed by atoms with E-state index in [0.29, 0.717) is 27.9 Å². The number of allylic oxidation sites excluding steroid dienone is 2. The SMILES string of the molecule is Cc1cc(NS(=O)(=O)c2ccc(C3=CC(c4ccc(Cl)cc4)C(C#N)=C(N)O3)cc2)n(-c2ccccc2)n1. The van der Waals surface area contributed by atoms with Gasteiger partial charge in [0.05, 0.1) is 16.3 Å². The maximum atomic E-state index is 13.2. The Hall–Kier alpha value is -4.52. The fourth-order valence-electron chi connectivity index (χ4n) is 4.14. The predicted molar refractivity (Wildman–Crippen MR) is 146 cm³/mol. The van der Waals surface area contributed by atoms with Gasteiger partial charge < -0.3 is 10.5 Å². The molecule has 3 aromatic carbocycles. The van der Waals surface area contributed by atoms with Crippen LogP contribution in [0.25, 0.3) is 11.4 Å². The molecule has 2 heterocycles. The molecule has 1 aliphatic heterocycles. The van der Waals surface area contributed by atoms with E-state index in [1.54, 1.807) is 48.0 Å². The minimum absolute atomic E-state index is 0.00661. The van der Waals surface area contributed by atoms with Gasteiger partial charge in [0.1, 0.15) is 23.2 Å². The average Bonchev–Trinajstić information content (AvgIpc) is 3.28. The van der Waals surface area contributed by atoms with E-state index in [2.05, 4.69) is 15.9 Å². The van der Waals surface area contributed by atoms with E-state index in [0.717, 1.165) is 11.3 Å². The summed E-state index contributed by atoms with van der Waals surface area (Å²) in [5.41, 5.74) is 9.18. The molecule has 8 nitrogen and oxygen atoms in total. The maximum absolute atomic E-state index is 13.2. The Morgan fingerprint density at radius 1 is 1.05 bits per heavy atom. The van der Waals surface area contributed by atoms with Gasteiger partial charge in [-0.1, -0.05) is 41.9 Å². The van der Waals surface area contributed by atoms with Crippen molar-refractivity contribution >= 4 is 33.2 Å². The van der Waals surface area contributed by atoms with Crippen LogP contribution in [0.2, 0.25) is 5.02 Å². The van der Waals surface area contributed by atoms with Gasteiger partial charge in [0.25, 0.3) is 10.0 Å². The number of nitrogens with zero attached hydrogens (tertiary/aromatic N) is 3. The highest BCUT2D eigenvalue weighted by Crippen LogP contribution is 2.37. The summed E-state index contributed by atoms with van der Waals surface area (Å²) in [6.07, 6.45) is 1.78. The molecule has 5 rings (SSSR count). The second-order valence-electron chi connectivity index (χ2n) is 8.60. The Morgan fingerprint density at radius 2 is 1.74 bits per heavy atom. The molecule has 1 aromatic heterocycles. The monoisotopic (exact) mass is 543 g/mol. The molecule has 0 radical (unpaired) electrons. The molecule has 0 spiro atoms. The van der Waals surface area contributed by atoms with E-state index in [1.165, 1.54) is 12.1 Å². The first-order chi connectivity index (χ1) is 18.2. The maximum Gasteiger partial charge on any atom is 0.263 e. The lowest BCUT2D eigenvalue weighted by Gasteiger charge is -2.23. The molecule has 38 heavy (non-hydrogen) atoms. The van der Waals surface area contributed by atoms with E-state index in [1.807, 2.05) is 42.5 Å². The summed E-state index contributed by atoms with van der Waals surface area (Å²) in [4.78, 5) is 0.0617. The summed E-state index contributed by atoms with van der Waals surface area (Å²) in [7, 11) is -3.92. The highest BCUT2D eigenvalue weighted by atomic mass is 35.5. The zero-order valence-corrected chi connectivity index (χ0v) is 21.7. The molecule has 1 unspecified atom stereocenters. The summed E-state index contributed by atoms with van der Waals surface area (Å²) in [6.45, 7) is 1.79. The quantitative estimate of drug-likeness (QED) is 0.332. The summed E-state index contributed by atoms with van der Waals surface area (Å²) < 4.78 is 36.3. The summed E-state index contributed by atoms with van der Waals surface area (Å²) in [6, 6.07) is 26.4. The molecule has 0 fully saturated rings. The van der Waals surface area contributed by atoms with Gasteiger partial charge in [-0.05, 0) is 67.1 Å². The van der Waals surface area contributed by atoms with Gasteiger partial charge in [0, 0.05) is 22.6 Å². The Balaban J connectivity index is 1.42. The molecule has 0 saturated heterocycles. The Morgan fingerprint density at radius 3 is 2.39 bits per heavy atom. The minimum Gasteiger partial charge on any atom is -0.440 e. The van der Waals surface area contributed by atoms with Crippen LogP contribution in [0.4, 0.5) is 5.82 Å². The van der Waals surface area contributed by atoms with Crippen LogP contribution in [0.15, 0.2) is 107 Å². The van der Waals surface area contributed by atoms with Crippen LogP contribution in [0, 0.1) is 18.3 Å². The number of halogens is 1. The van der Waals surface area contributed by atoms with Crippen LogP contribution in [-0.2, 0) is 14.8 Å². The van der Waals surface area contributed by atoms with Crippen LogP contribution in [0.3, 0.4) is 0 Å². The molecular formula is C28H22ClN5O3S. The highest BCUT2D eigenvalue weighted by Gasteiger charge is 2.26. The van der Waals surface area contributed by atoms with Crippen molar-refractivity contribution in [2.24, 2.45) is 5.73 Å². The highest BCUT2D eigenvalue weighted by molar-refractivity contribution is 7.92. The number of nitrogens with two attached hydrogens (primary N) is 1. The largest absolute Gasteiger partial charge is 0.440 e. The van der Waals surface area contributed by atoms with E-state index in [4.69, 9.17) is 22.1 Å². The van der Waals surface area contributed by atoms with Crippen molar-refractivity contribution in [3.8, 4) is 11.8 Å². The molecular weight excluding hydrogens is 522 g/mol. The van der Waals surface area contributed by atoms with Crippen molar-refractivity contribution in [2.75, 3.05) is 4.72 Å². The van der Waals surface area contributed by atoms with Crippen molar-refractivity contribution < 1.29 is 13.2 Å². The van der Waals surface area contributed by atoms with Crippen molar-refractivity contribution in [3.63, 3.8) is 0 Å². The molecule has 1 aliphatic rings. The smallest absolute Gasteiger partial charge is 0.263 e. The summed E-state index contributed by atoms with van der Waals surface area (Å²) in [5.74, 6) is 0.292. The number of nitriles is 1. The number of aromatic nitrogens is 2. The Kier molecular flexibility index (Phi) is 6.68. The molecule has 1 atom stereocenters. The van der Waals surface area contributed by atoms with E-state index >= 15 is 0 Å². The first-order valence-electron chi connectivity index (χ1n) is 11.6. The van der Waals surface area contributed by atoms with Gasteiger partial charge >= 0.3 is 0 Å². The van der Waals surface area contributed by atoms with Gasteiger partial charge in [-0.15, -0.1) is 0 Å². The number of ether oxygens (including phenoxy) is 1. The number of hydrogen-bond donors (Lipinski definition) is 2. The van der Waals surface area contributed by atoms with Crippen LogP contribution >= 0.6 is 11.6 Å². The molecule has 3 N–H and O–H groups in total. The second kappa shape index (κ2) is 10.1.